The molecule has 1 aliphatic carbocycles. The number of carbonyl (C=O) groups excluding carboxylic acids is 1. The van der Waals surface area contributed by atoms with E-state index in [-0.39, 0.29) is 11.7 Å². The minimum Gasteiger partial charge on any atom is -0.378 e. The van der Waals surface area contributed by atoms with Crippen molar-refractivity contribution < 1.29 is 4.79 Å². The van der Waals surface area contributed by atoms with Crippen LogP contribution in [0.5, 0.6) is 0 Å². The van der Waals surface area contributed by atoms with Crippen molar-refractivity contribution in [3.8, 4) is 0 Å². The third-order valence-electron chi connectivity index (χ3n) is 4.13. The summed E-state index contributed by atoms with van der Waals surface area (Å²) in [6.07, 6.45) is 6.47. The van der Waals surface area contributed by atoms with E-state index >= 15 is 0 Å². The third kappa shape index (κ3) is 3.06. The highest BCUT2D eigenvalue weighted by Crippen LogP contribution is 2.33. The summed E-state index contributed by atoms with van der Waals surface area (Å²) < 4.78 is 0. The Morgan fingerprint density at radius 3 is 2.42 bits per heavy atom. The summed E-state index contributed by atoms with van der Waals surface area (Å²) in [7, 11) is 4.01. The molecule has 0 N–H and O–H groups in total. The van der Waals surface area contributed by atoms with Gasteiger partial charge in [0.25, 0.3) is 0 Å². The van der Waals surface area contributed by atoms with Crippen molar-refractivity contribution in [3.63, 3.8) is 0 Å². The minimum atomic E-state index is 0.136. The Bertz CT molecular complexity index is 447. The molecule has 0 unspecified atom stereocenters. The molecular weight excluding hydrogens is 234 g/mol. The number of nitrogens with zero attached hydrogens (tertiary/aromatic N) is 1. The maximum absolute atomic E-state index is 12.6. The smallest absolute Gasteiger partial charge is 0.166 e. The van der Waals surface area contributed by atoms with Gasteiger partial charge >= 0.3 is 0 Å². The standard InChI is InChI=1S/C17H23NO/c1-4-13-7-5-6-8-16(13)17(19)14-9-11-15(12-10-14)18(2)3/h4,9-13,16H,1,5-8H2,2-3H3/t13-,16+/m1/s1. The van der Waals surface area contributed by atoms with E-state index in [9.17, 15) is 4.79 Å². The molecule has 0 heterocycles. The van der Waals surface area contributed by atoms with Crippen LogP contribution in [0.15, 0.2) is 36.9 Å². The van der Waals surface area contributed by atoms with Crippen LogP contribution in [0.4, 0.5) is 5.69 Å². The summed E-state index contributed by atoms with van der Waals surface area (Å²) in [6, 6.07) is 7.93. The molecule has 0 aliphatic heterocycles. The molecule has 1 aromatic carbocycles. The Hall–Kier alpha value is -1.57. The van der Waals surface area contributed by atoms with Crippen molar-refractivity contribution in [1.29, 1.82) is 0 Å². The van der Waals surface area contributed by atoms with Crippen molar-refractivity contribution in [2.45, 2.75) is 25.7 Å². The average Bonchev–Trinajstić information content (AvgIpc) is 2.46. The average molecular weight is 257 g/mol. The zero-order valence-electron chi connectivity index (χ0n) is 11.9. The van der Waals surface area contributed by atoms with Gasteiger partial charge in [-0.15, -0.1) is 6.58 Å². The van der Waals surface area contributed by atoms with Crippen molar-refractivity contribution in [1.82, 2.24) is 0 Å². The fourth-order valence-corrected chi connectivity index (χ4v) is 2.91. The number of Topliss-reactive ketones (excluding diaryl/α,β-unsaturated/α-hetero) is 1. The van der Waals surface area contributed by atoms with Gasteiger partial charge in [0.1, 0.15) is 0 Å². The summed E-state index contributed by atoms with van der Waals surface area (Å²) in [5.41, 5.74) is 1.96. The zero-order chi connectivity index (χ0) is 13.8. The molecule has 0 aromatic heterocycles. The van der Waals surface area contributed by atoms with Crippen molar-refractivity contribution in [3.05, 3.63) is 42.5 Å². The van der Waals surface area contributed by atoms with Gasteiger partial charge in [-0.3, -0.25) is 4.79 Å². The molecule has 0 radical (unpaired) electrons. The Balaban J connectivity index is 2.16. The van der Waals surface area contributed by atoms with Crippen LogP contribution in [0, 0.1) is 11.8 Å². The van der Waals surface area contributed by atoms with E-state index in [0.29, 0.717) is 5.92 Å². The second-order valence-electron chi connectivity index (χ2n) is 5.60. The predicted octanol–water partition coefficient (Wildman–Crippen LogP) is 3.93. The van der Waals surface area contributed by atoms with Gasteiger partial charge < -0.3 is 4.90 Å². The van der Waals surface area contributed by atoms with Gasteiger partial charge in [0.2, 0.25) is 0 Å². The zero-order valence-corrected chi connectivity index (χ0v) is 11.9. The van der Waals surface area contributed by atoms with Crippen LogP contribution in [0.25, 0.3) is 0 Å². The second kappa shape index (κ2) is 6.05. The summed E-state index contributed by atoms with van der Waals surface area (Å²) in [5, 5.41) is 0. The lowest BCUT2D eigenvalue weighted by Crippen LogP contribution is -2.26. The van der Waals surface area contributed by atoms with Crippen LogP contribution in [-0.2, 0) is 0 Å². The van der Waals surface area contributed by atoms with Crippen LogP contribution >= 0.6 is 0 Å². The maximum Gasteiger partial charge on any atom is 0.166 e. The lowest BCUT2D eigenvalue weighted by atomic mass is 9.75. The quantitative estimate of drug-likeness (QED) is 0.601. The molecule has 0 amide bonds. The number of carbonyl (C=O) groups is 1. The predicted molar refractivity (Wildman–Crippen MR) is 80.7 cm³/mol. The lowest BCUT2D eigenvalue weighted by Gasteiger charge is -2.28. The highest BCUT2D eigenvalue weighted by molar-refractivity contribution is 5.98. The van der Waals surface area contributed by atoms with Gasteiger partial charge in [0.05, 0.1) is 0 Å². The molecule has 1 aromatic rings. The molecule has 2 atom stereocenters. The van der Waals surface area contributed by atoms with Crippen molar-refractivity contribution in [2.75, 3.05) is 19.0 Å². The van der Waals surface area contributed by atoms with E-state index < -0.39 is 0 Å². The normalized spacial score (nSPS) is 22.8. The second-order valence-corrected chi connectivity index (χ2v) is 5.60. The molecule has 19 heavy (non-hydrogen) atoms. The first-order valence-corrected chi connectivity index (χ1v) is 7.07. The fraction of sp³-hybridized carbons (Fsp3) is 0.471. The Labute approximate surface area is 116 Å². The van der Waals surface area contributed by atoms with Gasteiger partial charge in [0, 0.05) is 31.3 Å². The molecule has 0 bridgehead atoms. The minimum absolute atomic E-state index is 0.136. The molecule has 2 heteroatoms. The molecule has 2 nitrogen and oxygen atoms in total. The summed E-state index contributed by atoms with van der Waals surface area (Å²) in [5.74, 6) is 0.779. The molecule has 2 rings (SSSR count). The summed E-state index contributed by atoms with van der Waals surface area (Å²) >= 11 is 0. The summed E-state index contributed by atoms with van der Waals surface area (Å²) in [6.45, 7) is 3.89. The first kappa shape index (κ1) is 13.9. The maximum atomic E-state index is 12.6. The van der Waals surface area contributed by atoms with Crippen LogP contribution in [0.1, 0.15) is 36.0 Å². The van der Waals surface area contributed by atoms with Gasteiger partial charge in [0.15, 0.2) is 5.78 Å². The Morgan fingerprint density at radius 2 is 1.84 bits per heavy atom. The van der Waals surface area contributed by atoms with Crippen LogP contribution < -0.4 is 4.90 Å². The number of hydrogen-bond donors (Lipinski definition) is 0. The summed E-state index contributed by atoms with van der Waals surface area (Å²) in [4.78, 5) is 14.6. The number of benzene rings is 1. The molecule has 102 valence electrons. The van der Waals surface area contributed by atoms with E-state index in [1.165, 1.54) is 6.42 Å². The largest absolute Gasteiger partial charge is 0.378 e. The van der Waals surface area contributed by atoms with Crippen molar-refractivity contribution in [2.24, 2.45) is 11.8 Å². The number of allylic oxidation sites excluding steroid dienone is 1. The first-order chi connectivity index (χ1) is 9.13. The Kier molecular flexibility index (Phi) is 4.41. The highest BCUT2D eigenvalue weighted by atomic mass is 16.1. The number of anilines is 1. The molecule has 1 fully saturated rings. The molecular formula is C17H23NO. The molecule has 0 saturated heterocycles. The molecule has 1 saturated carbocycles. The topological polar surface area (TPSA) is 20.3 Å². The highest BCUT2D eigenvalue weighted by Gasteiger charge is 2.29. The number of hydrogen-bond acceptors (Lipinski definition) is 2. The number of rotatable bonds is 4. The lowest BCUT2D eigenvalue weighted by molar-refractivity contribution is 0.0854. The Morgan fingerprint density at radius 1 is 1.21 bits per heavy atom. The molecule has 1 aliphatic rings. The SMILES string of the molecule is C=C[C@@H]1CCCC[C@@H]1C(=O)c1ccc(N(C)C)cc1. The molecule has 0 spiro atoms. The van der Waals surface area contributed by atoms with Gasteiger partial charge in [-0.1, -0.05) is 18.9 Å². The van der Waals surface area contributed by atoms with Gasteiger partial charge in [-0.25, -0.2) is 0 Å². The third-order valence-corrected chi connectivity index (χ3v) is 4.13. The monoisotopic (exact) mass is 257 g/mol. The fourth-order valence-electron chi connectivity index (χ4n) is 2.91. The van der Waals surface area contributed by atoms with Gasteiger partial charge in [-0.05, 0) is 43.0 Å². The van der Waals surface area contributed by atoms with E-state index in [1.54, 1.807) is 0 Å². The van der Waals surface area contributed by atoms with E-state index in [4.69, 9.17) is 0 Å². The van der Waals surface area contributed by atoms with Crippen LogP contribution in [0.3, 0.4) is 0 Å². The van der Waals surface area contributed by atoms with E-state index in [1.807, 2.05) is 49.3 Å². The van der Waals surface area contributed by atoms with Crippen LogP contribution in [0.2, 0.25) is 0 Å². The van der Waals surface area contributed by atoms with E-state index in [0.717, 1.165) is 30.5 Å². The van der Waals surface area contributed by atoms with Crippen molar-refractivity contribution >= 4 is 11.5 Å². The van der Waals surface area contributed by atoms with Crippen LogP contribution in [-0.4, -0.2) is 19.9 Å². The number of ketones is 1. The van der Waals surface area contributed by atoms with Gasteiger partial charge in [-0.2, -0.15) is 0 Å². The first-order valence-electron chi connectivity index (χ1n) is 7.07. The van der Waals surface area contributed by atoms with E-state index in [2.05, 4.69) is 6.58 Å².